The lowest BCUT2D eigenvalue weighted by atomic mass is 10.0. The molecule has 0 aliphatic carbocycles. The van der Waals surface area contributed by atoms with Crippen molar-refractivity contribution >= 4 is 11.9 Å². The van der Waals surface area contributed by atoms with Crippen molar-refractivity contribution in [1.82, 2.24) is 5.32 Å². The molecule has 0 fully saturated rings. The van der Waals surface area contributed by atoms with E-state index in [4.69, 9.17) is 4.74 Å². The summed E-state index contributed by atoms with van der Waals surface area (Å²) in [5.41, 5.74) is 0. The lowest BCUT2D eigenvalue weighted by molar-refractivity contribution is -0.151. The number of hydrogen-bond donors (Lipinski definition) is 3. The van der Waals surface area contributed by atoms with Crippen LogP contribution in [0.3, 0.4) is 0 Å². The Morgan fingerprint density at radius 2 is 0.842 bits per heavy atom. The first kappa shape index (κ1) is 55.3. The summed E-state index contributed by atoms with van der Waals surface area (Å²) >= 11 is 0. The number of ether oxygens (including phenoxy) is 1. The molecule has 57 heavy (non-hydrogen) atoms. The number of esters is 1. The fourth-order valence-electron chi connectivity index (χ4n) is 7.65. The number of aliphatic hydroxyl groups excluding tert-OH is 2. The third-order valence-corrected chi connectivity index (χ3v) is 11.5. The number of amides is 1. The van der Waals surface area contributed by atoms with E-state index in [1.807, 2.05) is 0 Å². The average Bonchev–Trinajstić information content (AvgIpc) is 3.20. The van der Waals surface area contributed by atoms with Gasteiger partial charge in [0.1, 0.15) is 6.10 Å². The van der Waals surface area contributed by atoms with E-state index in [0.717, 1.165) is 77.0 Å². The SMILES string of the molecule is CCCCC/C=C\CCCCCC(CC(=O)NC(CO)C(O)CCCCCCCCCCCCCC)OC(=O)CCCCCCC/C=C/CCCCCCCCC. The van der Waals surface area contributed by atoms with Crippen LogP contribution < -0.4 is 5.32 Å². The molecule has 0 aliphatic rings. The number of carbonyl (C=O) groups is 2. The highest BCUT2D eigenvalue weighted by molar-refractivity contribution is 5.77. The van der Waals surface area contributed by atoms with E-state index < -0.39 is 18.2 Å². The monoisotopic (exact) mass is 804 g/mol. The fourth-order valence-corrected chi connectivity index (χ4v) is 7.65. The van der Waals surface area contributed by atoms with Crippen molar-refractivity contribution in [3.63, 3.8) is 0 Å². The highest BCUT2D eigenvalue weighted by Gasteiger charge is 2.24. The molecule has 3 atom stereocenters. The highest BCUT2D eigenvalue weighted by Crippen LogP contribution is 2.17. The number of unbranched alkanes of at least 4 members (excludes halogenated alkanes) is 29. The summed E-state index contributed by atoms with van der Waals surface area (Å²) in [4.78, 5) is 26.0. The van der Waals surface area contributed by atoms with E-state index in [1.54, 1.807) is 0 Å². The Hall–Kier alpha value is -1.66. The van der Waals surface area contributed by atoms with Gasteiger partial charge in [0.15, 0.2) is 0 Å². The molecular formula is C51H97NO5. The molecule has 0 radical (unpaired) electrons. The molecule has 0 saturated carbocycles. The third-order valence-electron chi connectivity index (χ3n) is 11.5. The first-order valence-electron chi connectivity index (χ1n) is 25.1. The molecule has 0 aromatic carbocycles. The normalized spacial score (nSPS) is 13.4. The maximum atomic E-state index is 13.1. The quantitative estimate of drug-likeness (QED) is 0.0324. The molecule has 0 bridgehead atoms. The van der Waals surface area contributed by atoms with Gasteiger partial charge in [0.2, 0.25) is 5.91 Å². The number of rotatable bonds is 45. The molecular weight excluding hydrogens is 707 g/mol. The second-order valence-corrected chi connectivity index (χ2v) is 17.2. The van der Waals surface area contributed by atoms with Gasteiger partial charge in [0.25, 0.3) is 0 Å². The summed E-state index contributed by atoms with van der Waals surface area (Å²) in [7, 11) is 0. The van der Waals surface area contributed by atoms with Crippen molar-refractivity contribution in [3.8, 4) is 0 Å². The van der Waals surface area contributed by atoms with Crippen LogP contribution in [-0.4, -0.2) is 46.9 Å². The van der Waals surface area contributed by atoms with Crippen LogP contribution in [0, 0.1) is 0 Å². The Morgan fingerprint density at radius 1 is 0.491 bits per heavy atom. The van der Waals surface area contributed by atoms with Gasteiger partial charge in [-0.15, -0.1) is 0 Å². The van der Waals surface area contributed by atoms with Gasteiger partial charge in [-0.2, -0.15) is 0 Å². The first-order chi connectivity index (χ1) is 28.0. The fraction of sp³-hybridized carbons (Fsp3) is 0.882. The zero-order valence-corrected chi connectivity index (χ0v) is 38.2. The maximum Gasteiger partial charge on any atom is 0.306 e. The van der Waals surface area contributed by atoms with Crippen LogP contribution in [0.2, 0.25) is 0 Å². The number of aliphatic hydroxyl groups is 2. The molecule has 0 rings (SSSR count). The van der Waals surface area contributed by atoms with Gasteiger partial charge in [-0.25, -0.2) is 0 Å². The van der Waals surface area contributed by atoms with Crippen LogP contribution in [-0.2, 0) is 14.3 Å². The Kier molecular flexibility index (Phi) is 44.1. The van der Waals surface area contributed by atoms with Crippen molar-refractivity contribution < 1.29 is 24.5 Å². The minimum atomic E-state index is -0.788. The molecule has 0 aromatic heterocycles. The molecule has 0 heterocycles. The van der Waals surface area contributed by atoms with Gasteiger partial charge < -0.3 is 20.3 Å². The van der Waals surface area contributed by atoms with Gasteiger partial charge in [-0.3, -0.25) is 9.59 Å². The lowest BCUT2D eigenvalue weighted by Gasteiger charge is -2.24. The van der Waals surface area contributed by atoms with Crippen molar-refractivity contribution in [2.24, 2.45) is 0 Å². The van der Waals surface area contributed by atoms with Crippen LogP contribution in [0.25, 0.3) is 0 Å². The molecule has 1 amide bonds. The van der Waals surface area contributed by atoms with E-state index >= 15 is 0 Å². The lowest BCUT2D eigenvalue weighted by Crippen LogP contribution is -2.46. The van der Waals surface area contributed by atoms with Gasteiger partial charge in [0, 0.05) is 6.42 Å². The summed E-state index contributed by atoms with van der Waals surface area (Å²) in [6.07, 6.45) is 51.0. The number of carbonyl (C=O) groups excluding carboxylic acids is 2. The minimum absolute atomic E-state index is 0.0668. The van der Waals surface area contributed by atoms with Gasteiger partial charge in [-0.1, -0.05) is 199 Å². The predicted molar refractivity (Wildman–Crippen MR) is 246 cm³/mol. The Balaban J connectivity index is 4.51. The molecule has 6 heteroatoms. The zero-order chi connectivity index (χ0) is 41.7. The number of allylic oxidation sites excluding steroid dienone is 4. The van der Waals surface area contributed by atoms with Crippen LogP contribution >= 0.6 is 0 Å². The van der Waals surface area contributed by atoms with Crippen molar-refractivity contribution in [2.75, 3.05) is 6.61 Å². The largest absolute Gasteiger partial charge is 0.462 e. The predicted octanol–water partition coefficient (Wildman–Crippen LogP) is 14.7. The molecule has 0 aromatic rings. The number of nitrogens with one attached hydrogen (secondary N) is 1. The highest BCUT2D eigenvalue weighted by atomic mass is 16.5. The third kappa shape index (κ3) is 40.9. The summed E-state index contributed by atoms with van der Waals surface area (Å²) in [5, 5.41) is 23.7. The van der Waals surface area contributed by atoms with E-state index in [2.05, 4.69) is 50.4 Å². The van der Waals surface area contributed by atoms with Crippen molar-refractivity contribution in [1.29, 1.82) is 0 Å². The summed E-state index contributed by atoms with van der Waals surface area (Å²) in [6.45, 7) is 6.45. The van der Waals surface area contributed by atoms with Gasteiger partial charge in [-0.05, 0) is 77.0 Å². The van der Waals surface area contributed by atoms with E-state index in [1.165, 1.54) is 141 Å². The molecule has 336 valence electrons. The standard InChI is InChI=1S/C51H97NO5/c1-4-7-10-13-16-19-22-24-25-26-27-29-32-35-38-41-44-51(56)57-47(42-39-36-33-30-21-18-15-12-9-6-3)45-50(55)52-48(46-53)49(54)43-40-37-34-31-28-23-20-17-14-11-8-5-2/h18,21,25-26,47-49,53-54H,4-17,19-20,22-24,27-46H2,1-3H3,(H,52,55)/b21-18-,26-25+. The maximum absolute atomic E-state index is 13.1. The molecule has 0 saturated heterocycles. The topological polar surface area (TPSA) is 95.9 Å². The summed E-state index contributed by atoms with van der Waals surface area (Å²) in [6, 6.07) is -0.703. The molecule has 0 aliphatic heterocycles. The van der Waals surface area contributed by atoms with Gasteiger partial charge >= 0.3 is 5.97 Å². The van der Waals surface area contributed by atoms with E-state index in [9.17, 15) is 19.8 Å². The molecule has 3 unspecified atom stereocenters. The van der Waals surface area contributed by atoms with Crippen LogP contribution in [0.1, 0.15) is 265 Å². The van der Waals surface area contributed by atoms with Gasteiger partial charge in [0.05, 0.1) is 25.2 Å². The van der Waals surface area contributed by atoms with Crippen molar-refractivity contribution in [3.05, 3.63) is 24.3 Å². The first-order valence-corrected chi connectivity index (χ1v) is 25.1. The van der Waals surface area contributed by atoms with E-state index in [0.29, 0.717) is 19.3 Å². The van der Waals surface area contributed by atoms with E-state index in [-0.39, 0.29) is 24.9 Å². The van der Waals surface area contributed by atoms with Crippen LogP contribution in [0.4, 0.5) is 0 Å². The summed E-state index contributed by atoms with van der Waals surface area (Å²) in [5.74, 6) is -0.492. The number of hydrogen-bond acceptors (Lipinski definition) is 5. The van der Waals surface area contributed by atoms with Crippen LogP contribution in [0.5, 0.6) is 0 Å². The smallest absolute Gasteiger partial charge is 0.306 e. The minimum Gasteiger partial charge on any atom is -0.462 e. The summed E-state index contributed by atoms with van der Waals surface area (Å²) < 4.78 is 5.90. The molecule has 0 spiro atoms. The molecule has 6 nitrogen and oxygen atoms in total. The second kappa shape index (κ2) is 45.4. The average molecular weight is 804 g/mol. The second-order valence-electron chi connectivity index (χ2n) is 17.2. The van der Waals surface area contributed by atoms with Crippen LogP contribution in [0.15, 0.2) is 24.3 Å². The Labute approximate surface area is 354 Å². The van der Waals surface area contributed by atoms with Crippen molar-refractivity contribution in [2.45, 2.75) is 283 Å². The zero-order valence-electron chi connectivity index (χ0n) is 38.2. The Morgan fingerprint density at radius 3 is 1.30 bits per heavy atom. The molecule has 3 N–H and O–H groups in total. The Bertz CT molecular complexity index is 904.